The molecule has 1 amide bonds. The number of carbonyl (C=O) groups excluding carboxylic acids is 1. The SMILES string of the molecule is CCn1nnc2c(SCC(=O)Nc3ccc(Cl)cc3)ncnc21. The van der Waals surface area contributed by atoms with Crippen molar-refractivity contribution in [1.29, 1.82) is 0 Å². The Morgan fingerprint density at radius 2 is 2.09 bits per heavy atom. The quantitative estimate of drug-likeness (QED) is 0.563. The van der Waals surface area contributed by atoms with Crippen molar-refractivity contribution in [3.8, 4) is 0 Å². The summed E-state index contributed by atoms with van der Waals surface area (Å²) in [7, 11) is 0. The minimum Gasteiger partial charge on any atom is -0.325 e. The lowest BCUT2D eigenvalue weighted by molar-refractivity contribution is -0.113. The van der Waals surface area contributed by atoms with E-state index in [4.69, 9.17) is 11.6 Å². The number of aromatic nitrogens is 5. The van der Waals surface area contributed by atoms with Gasteiger partial charge < -0.3 is 5.32 Å². The van der Waals surface area contributed by atoms with Crippen molar-refractivity contribution in [2.75, 3.05) is 11.1 Å². The molecule has 0 radical (unpaired) electrons. The average Bonchev–Trinajstić information content (AvgIpc) is 2.99. The number of benzene rings is 1. The third-order valence-corrected chi connectivity index (χ3v) is 4.26. The molecule has 7 nitrogen and oxygen atoms in total. The number of carbonyl (C=O) groups is 1. The Kier molecular flexibility index (Phi) is 4.73. The largest absolute Gasteiger partial charge is 0.325 e. The second-order valence-corrected chi connectivity index (χ2v) is 6.00. The number of rotatable bonds is 5. The number of hydrogen-bond donors (Lipinski definition) is 1. The maximum atomic E-state index is 12.0. The molecule has 2 aromatic heterocycles. The van der Waals surface area contributed by atoms with Crippen LogP contribution in [0.3, 0.4) is 0 Å². The van der Waals surface area contributed by atoms with Gasteiger partial charge in [-0.3, -0.25) is 4.79 Å². The lowest BCUT2D eigenvalue weighted by atomic mass is 10.3. The number of amides is 1. The molecule has 0 aliphatic carbocycles. The smallest absolute Gasteiger partial charge is 0.234 e. The van der Waals surface area contributed by atoms with Crippen LogP contribution in [-0.4, -0.2) is 36.6 Å². The topological polar surface area (TPSA) is 85.6 Å². The van der Waals surface area contributed by atoms with E-state index in [1.165, 1.54) is 18.1 Å². The highest BCUT2D eigenvalue weighted by Gasteiger charge is 2.13. The van der Waals surface area contributed by atoms with E-state index in [1.54, 1.807) is 28.9 Å². The van der Waals surface area contributed by atoms with Gasteiger partial charge in [0.15, 0.2) is 11.2 Å². The third kappa shape index (κ3) is 3.59. The van der Waals surface area contributed by atoms with Crippen LogP contribution in [0, 0.1) is 0 Å². The Balaban J connectivity index is 1.67. The van der Waals surface area contributed by atoms with Crippen molar-refractivity contribution >= 4 is 46.1 Å². The maximum Gasteiger partial charge on any atom is 0.234 e. The highest BCUT2D eigenvalue weighted by Crippen LogP contribution is 2.22. The summed E-state index contributed by atoms with van der Waals surface area (Å²) < 4.78 is 1.69. The first kappa shape index (κ1) is 15.7. The number of anilines is 1. The second-order valence-electron chi connectivity index (χ2n) is 4.60. The van der Waals surface area contributed by atoms with Crippen molar-refractivity contribution in [3.05, 3.63) is 35.6 Å². The average molecular weight is 349 g/mol. The summed E-state index contributed by atoms with van der Waals surface area (Å²) in [5, 5.41) is 12.2. The van der Waals surface area contributed by atoms with Gasteiger partial charge in [0.1, 0.15) is 11.4 Å². The van der Waals surface area contributed by atoms with Gasteiger partial charge in [-0.15, -0.1) is 5.10 Å². The van der Waals surface area contributed by atoms with Gasteiger partial charge in [0.25, 0.3) is 0 Å². The van der Waals surface area contributed by atoms with Crippen LogP contribution in [-0.2, 0) is 11.3 Å². The Bertz CT molecular complexity index is 835. The molecule has 0 aliphatic rings. The van der Waals surface area contributed by atoms with Crippen molar-refractivity contribution in [3.63, 3.8) is 0 Å². The van der Waals surface area contributed by atoms with Gasteiger partial charge in [-0.05, 0) is 31.2 Å². The summed E-state index contributed by atoms with van der Waals surface area (Å²) in [4.78, 5) is 20.4. The standard InChI is InChI=1S/C14H13ClN6OS/c1-2-21-13-12(19-20-21)14(17-8-16-13)23-7-11(22)18-10-5-3-9(15)4-6-10/h3-6,8H,2,7H2,1H3,(H,18,22). The zero-order chi connectivity index (χ0) is 16.2. The number of halogens is 1. The molecule has 0 aliphatic heterocycles. The van der Waals surface area contributed by atoms with E-state index >= 15 is 0 Å². The number of nitrogens with one attached hydrogen (secondary N) is 1. The van der Waals surface area contributed by atoms with Gasteiger partial charge in [-0.2, -0.15) is 0 Å². The number of hydrogen-bond acceptors (Lipinski definition) is 6. The first-order valence-corrected chi connectivity index (χ1v) is 8.26. The molecular formula is C14H13ClN6OS. The van der Waals surface area contributed by atoms with Gasteiger partial charge in [0, 0.05) is 17.3 Å². The van der Waals surface area contributed by atoms with E-state index in [-0.39, 0.29) is 11.7 Å². The third-order valence-electron chi connectivity index (χ3n) is 3.03. The predicted octanol–water partition coefficient (Wildman–Crippen LogP) is 2.63. The van der Waals surface area contributed by atoms with Gasteiger partial charge in [-0.25, -0.2) is 14.6 Å². The van der Waals surface area contributed by atoms with Crippen molar-refractivity contribution < 1.29 is 4.79 Å². The summed E-state index contributed by atoms with van der Waals surface area (Å²) in [6, 6.07) is 6.95. The fourth-order valence-corrected chi connectivity index (χ4v) is 2.81. The molecule has 0 atom stereocenters. The van der Waals surface area contributed by atoms with Crippen LogP contribution >= 0.6 is 23.4 Å². The fourth-order valence-electron chi connectivity index (χ4n) is 1.95. The molecule has 2 heterocycles. The van der Waals surface area contributed by atoms with Crippen LogP contribution in [0.4, 0.5) is 5.69 Å². The molecule has 3 aromatic rings. The Labute approximate surface area is 141 Å². The lowest BCUT2D eigenvalue weighted by Gasteiger charge is -2.05. The first-order chi connectivity index (χ1) is 11.2. The molecule has 9 heteroatoms. The molecule has 0 spiro atoms. The Hall–Kier alpha value is -2.19. The van der Waals surface area contributed by atoms with Gasteiger partial charge in [0.05, 0.1) is 5.75 Å². The van der Waals surface area contributed by atoms with E-state index in [9.17, 15) is 4.79 Å². The molecule has 23 heavy (non-hydrogen) atoms. The highest BCUT2D eigenvalue weighted by molar-refractivity contribution is 8.00. The minimum absolute atomic E-state index is 0.132. The van der Waals surface area contributed by atoms with Crippen LogP contribution < -0.4 is 5.32 Å². The Morgan fingerprint density at radius 1 is 1.30 bits per heavy atom. The summed E-state index contributed by atoms with van der Waals surface area (Å²) in [5.74, 6) is 0.0836. The van der Waals surface area contributed by atoms with Crippen LogP contribution in [0.1, 0.15) is 6.92 Å². The van der Waals surface area contributed by atoms with Gasteiger partial charge in [0.2, 0.25) is 5.91 Å². The van der Waals surface area contributed by atoms with E-state index in [1.807, 2.05) is 6.92 Å². The van der Waals surface area contributed by atoms with Crippen molar-refractivity contribution in [2.24, 2.45) is 0 Å². The number of fused-ring (bicyclic) bond motifs is 1. The Morgan fingerprint density at radius 3 is 2.83 bits per heavy atom. The zero-order valence-corrected chi connectivity index (χ0v) is 13.8. The lowest BCUT2D eigenvalue weighted by Crippen LogP contribution is -2.14. The number of aryl methyl sites for hydroxylation is 1. The minimum atomic E-state index is -0.132. The molecule has 1 aromatic carbocycles. The fraction of sp³-hybridized carbons (Fsp3) is 0.214. The normalized spacial score (nSPS) is 10.9. The van der Waals surface area contributed by atoms with Crippen LogP contribution in [0.15, 0.2) is 35.6 Å². The molecule has 0 fully saturated rings. The summed E-state index contributed by atoms with van der Waals surface area (Å²) in [6.07, 6.45) is 1.46. The maximum absolute atomic E-state index is 12.0. The molecule has 0 saturated heterocycles. The van der Waals surface area contributed by atoms with Gasteiger partial charge in [-0.1, -0.05) is 28.6 Å². The van der Waals surface area contributed by atoms with E-state index in [2.05, 4.69) is 25.6 Å². The summed E-state index contributed by atoms with van der Waals surface area (Å²) >= 11 is 7.11. The molecular weight excluding hydrogens is 336 g/mol. The van der Waals surface area contributed by atoms with Crippen LogP contribution in [0.5, 0.6) is 0 Å². The van der Waals surface area contributed by atoms with E-state index < -0.39 is 0 Å². The van der Waals surface area contributed by atoms with E-state index in [0.717, 1.165) is 0 Å². The molecule has 0 bridgehead atoms. The number of nitrogens with zero attached hydrogens (tertiary/aromatic N) is 5. The highest BCUT2D eigenvalue weighted by atomic mass is 35.5. The summed E-state index contributed by atoms with van der Waals surface area (Å²) in [5.41, 5.74) is 1.98. The summed E-state index contributed by atoms with van der Waals surface area (Å²) in [6.45, 7) is 2.64. The molecule has 0 unspecified atom stereocenters. The van der Waals surface area contributed by atoms with Crippen LogP contribution in [0.25, 0.3) is 11.2 Å². The number of thioether (sulfide) groups is 1. The first-order valence-electron chi connectivity index (χ1n) is 6.89. The van der Waals surface area contributed by atoms with Gasteiger partial charge >= 0.3 is 0 Å². The van der Waals surface area contributed by atoms with E-state index in [0.29, 0.717) is 33.4 Å². The zero-order valence-electron chi connectivity index (χ0n) is 12.2. The molecule has 0 saturated carbocycles. The molecule has 3 rings (SSSR count). The van der Waals surface area contributed by atoms with Crippen molar-refractivity contribution in [1.82, 2.24) is 25.0 Å². The molecule has 1 N–H and O–H groups in total. The van der Waals surface area contributed by atoms with Crippen molar-refractivity contribution in [2.45, 2.75) is 18.5 Å². The predicted molar refractivity (Wildman–Crippen MR) is 89.6 cm³/mol. The second kappa shape index (κ2) is 6.93. The monoisotopic (exact) mass is 348 g/mol. The molecule has 118 valence electrons. The van der Waals surface area contributed by atoms with Crippen LogP contribution in [0.2, 0.25) is 5.02 Å².